The topological polar surface area (TPSA) is 92.5 Å². The molecular formula is C27H22ClN3O4. The first-order valence-corrected chi connectivity index (χ1v) is 12.0. The number of carbonyl (C=O) groups is 2. The highest BCUT2D eigenvalue weighted by molar-refractivity contribution is 6.31. The van der Waals surface area contributed by atoms with Gasteiger partial charge in [0.2, 0.25) is 5.91 Å². The molecule has 7 nitrogen and oxygen atoms in total. The molecule has 1 N–H and O–H groups in total. The number of nitro benzene ring substituents is 1. The molecule has 3 aliphatic rings. The molecule has 2 saturated heterocycles. The van der Waals surface area contributed by atoms with Crippen molar-refractivity contribution >= 4 is 34.7 Å². The standard InChI is InChI=1S/C27H22ClN3O4/c28-18-11-12-21-20(15-18)27(26(33)29-21)24(25(32)16-6-2-1-3-7-16)23(22-10-5-13-30(22)27)17-8-4-9-19(14-17)31(34)35/h1-4,6-9,11-12,14-15,22-24H,5,10,13H2,(H,29,33)/t22?,23?,24?,27-/m1/s1. The molecule has 0 aliphatic carbocycles. The van der Waals surface area contributed by atoms with Crippen LogP contribution < -0.4 is 5.32 Å². The van der Waals surface area contributed by atoms with Crippen molar-refractivity contribution < 1.29 is 14.5 Å². The van der Waals surface area contributed by atoms with Gasteiger partial charge in [-0.15, -0.1) is 0 Å². The molecule has 1 spiro atoms. The van der Waals surface area contributed by atoms with Gasteiger partial charge in [0.1, 0.15) is 5.54 Å². The van der Waals surface area contributed by atoms with Crippen LogP contribution in [0.4, 0.5) is 11.4 Å². The van der Waals surface area contributed by atoms with Crippen LogP contribution in [0.2, 0.25) is 5.02 Å². The van der Waals surface area contributed by atoms with E-state index in [1.54, 1.807) is 54.6 Å². The molecule has 176 valence electrons. The Labute approximate surface area is 206 Å². The third-order valence-electron chi connectivity index (χ3n) is 7.77. The van der Waals surface area contributed by atoms with Gasteiger partial charge in [-0.3, -0.25) is 24.6 Å². The van der Waals surface area contributed by atoms with Crippen LogP contribution in [0.25, 0.3) is 0 Å². The van der Waals surface area contributed by atoms with Crippen LogP contribution in [-0.4, -0.2) is 34.1 Å². The van der Waals surface area contributed by atoms with Crippen molar-refractivity contribution in [3.8, 4) is 0 Å². The van der Waals surface area contributed by atoms with E-state index in [0.717, 1.165) is 12.8 Å². The maximum atomic E-state index is 14.3. The fraction of sp³-hybridized carbons (Fsp3) is 0.259. The van der Waals surface area contributed by atoms with Crippen molar-refractivity contribution in [2.75, 3.05) is 11.9 Å². The predicted molar refractivity (Wildman–Crippen MR) is 132 cm³/mol. The van der Waals surface area contributed by atoms with Gasteiger partial charge in [0.15, 0.2) is 5.78 Å². The van der Waals surface area contributed by atoms with E-state index in [1.807, 2.05) is 12.1 Å². The summed E-state index contributed by atoms with van der Waals surface area (Å²) < 4.78 is 0. The molecule has 8 heteroatoms. The van der Waals surface area contributed by atoms with Gasteiger partial charge in [-0.25, -0.2) is 0 Å². The number of Topliss-reactive ketones (excluding diaryl/α,β-unsaturated/α-hetero) is 1. The summed E-state index contributed by atoms with van der Waals surface area (Å²) in [6.45, 7) is 0.647. The van der Waals surface area contributed by atoms with Gasteiger partial charge < -0.3 is 5.32 Å². The van der Waals surface area contributed by atoms with Crippen LogP contribution in [0.5, 0.6) is 0 Å². The fourth-order valence-electron chi connectivity index (χ4n) is 6.53. The zero-order valence-corrected chi connectivity index (χ0v) is 19.4. The molecule has 3 aromatic carbocycles. The third-order valence-corrected chi connectivity index (χ3v) is 8.00. The molecule has 35 heavy (non-hydrogen) atoms. The lowest BCUT2D eigenvalue weighted by molar-refractivity contribution is -0.384. The molecule has 0 aromatic heterocycles. The number of nitrogens with zero attached hydrogens (tertiary/aromatic N) is 2. The molecule has 3 unspecified atom stereocenters. The molecule has 6 rings (SSSR count). The van der Waals surface area contributed by atoms with Crippen LogP contribution in [-0.2, 0) is 10.3 Å². The number of ketones is 1. The largest absolute Gasteiger partial charge is 0.324 e. The van der Waals surface area contributed by atoms with Gasteiger partial charge >= 0.3 is 0 Å². The molecule has 0 saturated carbocycles. The summed E-state index contributed by atoms with van der Waals surface area (Å²) in [5.41, 5.74) is 1.28. The van der Waals surface area contributed by atoms with Crippen molar-refractivity contribution in [1.29, 1.82) is 0 Å². The lowest BCUT2D eigenvalue weighted by Gasteiger charge is -2.37. The number of fused-ring (bicyclic) bond motifs is 4. The number of carbonyl (C=O) groups excluding carboxylic acids is 2. The van der Waals surface area contributed by atoms with Gasteiger partial charge in [-0.05, 0) is 43.1 Å². The first kappa shape index (κ1) is 21.9. The molecular weight excluding hydrogens is 466 g/mol. The molecule has 0 radical (unpaired) electrons. The number of non-ortho nitro benzene ring substituents is 1. The minimum Gasteiger partial charge on any atom is -0.324 e. The molecule has 4 atom stereocenters. The van der Waals surface area contributed by atoms with Gasteiger partial charge in [0.25, 0.3) is 5.69 Å². The minimum atomic E-state index is -1.25. The second-order valence-electron chi connectivity index (χ2n) is 9.40. The Balaban J connectivity index is 1.63. The van der Waals surface area contributed by atoms with Crippen LogP contribution in [0.1, 0.15) is 40.2 Å². The Bertz CT molecular complexity index is 1380. The summed E-state index contributed by atoms with van der Waals surface area (Å²) in [7, 11) is 0. The van der Waals surface area contributed by atoms with Crippen LogP contribution in [0, 0.1) is 16.0 Å². The lowest BCUT2D eigenvalue weighted by Crippen LogP contribution is -2.52. The van der Waals surface area contributed by atoms with E-state index in [4.69, 9.17) is 11.6 Å². The van der Waals surface area contributed by atoms with Gasteiger partial charge in [0.05, 0.1) is 10.8 Å². The summed E-state index contributed by atoms with van der Waals surface area (Å²) in [5.74, 6) is -1.58. The Hall–Kier alpha value is -3.55. The number of nitrogens with one attached hydrogen (secondary N) is 1. The van der Waals surface area contributed by atoms with E-state index in [2.05, 4.69) is 10.2 Å². The quantitative estimate of drug-likeness (QED) is 0.312. The molecule has 3 heterocycles. The van der Waals surface area contributed by atoms with E-state index in [1.165, 1.54) is 6.07 Å². The number of nitro groups is 1. The first-order valence-electron chi connectivity index (χ1n) is 11.6. The second kappa shape index (κ2) is 8.00. The summed E-state index contributed by atoms with van der Waals surface area (Å²) in [6, 6.07) is 20.6. The number of hydrogen-bond donors (Lipinski definition) is 1. The third kappa shape index (κ3) is 3.08. The highest BCUT2D eigenvalue weighted by Gasteiger charge is 2.69. The normalized spacial score (nSPS) is 27.0. The maximum Gasteiger partial charge on any atom is 0.269 e. The number of hydrogen-bond acceptors (Lipinski definition) is 5. The van der Waals surface area contributed by atoms with Crippen LogP contribution in [0.3, 0.4) is 0 Å². The molecule has 1 amide bonds. The van der Waals surface area contributed by atoms with E-state index in [-0.39, 0.29) is 23.4 Å². The smallest absolute Gasteiger partial charge is 0.269 e. The maximum absolute atomic E-state index is 14.3. The first-order chi connectivity index (χ1) is 16.9. The average molecular weight is 488 g/mol. The second-order valence-corrected chi connectivity index (χ2v) is 9.84. The van der Waals surface area contributed by atoms with Crippen molar-refractivity contribution in [2.45, 2.75) is 30.3 Å². The molecule has 2 fully saturated rings. The van der Waals surface area contributed by atoms with Crippen molar-refractivity contribution in [3.05, 3.63) is 105 Å². The molecule has 3 aromatic rings. The Morgan fingerprint density at radius 1 is 1.09 bits per heavy atom. The molecule has 3 aliphatic heterocycles. The fourth-order valence-corrected chi connectivity index (χ4v) is 6.71. The summed E-state index contributed by atoms with van der Waals surface area (Å²) >= 11 is 6.41. The highest BCUT2D eigenvalue weighted by atomic mass is 35.5. The van der Waals surface area contributed by atoms with Crippen molar-refractivity contribution in [1.82, 2.24) is 4.90 Å². The predicted octanol–water partition coefficient (Wildman–Crippen LogP) is 5.16. The zero-order chi connectivity index (χ0) is 24.3. The minimum absolute atomic E-state index is 0.0294. The number of benzene rings is 3. The van der Waals surface area contributed by atoms with Crippen LogP contribution in [0.15, 0.2) is 72.8 Å². The highest BCUT2D eigenvalue weighted by Crippen LogP contribution is 2.61. The van der Waals surface area contributed by atoms with E-state index >= 15 is 0 Å². The summed E-state index contributed by atoms with van der Waals surface area (Å²) in [5, 5.41) is 15.1. The van der Waals surface area contributed by atoms with Gasteiger partial charge in [-0.1, -0.05) is 54.1 Å². The number of anilines is 1. The SMILES string of the molecule is O=C(c1ccccc1)C1C(c2cccc([N+](=O)[O-])c2)C2CCCN2[C@@]12C(=O)Nc1ccc(Cl)cc12. The Kier molecular flexibility index (Phi) is 5.02. The zero-order valence-electron chi connectivity index (χ0n) is 18.7. The lowest BCUT2D eigenvalue weighted by atomic mass is 9.68. The van der Waals surface area contributed by atoms with Crippen molar-refractivity contribution in [2.24, 2.45) is 5.92 Å². The number of amides is 1. The molecule has 0 bridgehead atoms. The number of halogens is 1. The monoisotopic (exact) mass is 487 g/mol. The average Bonchev–Trinajstić information content (AvgIpc) is 3.52. The van der Waals surface area contributed by atoms with E-state index in [9.17, 15) is 19.7 Å². The summed E-state index contributed by atoms with van der Waals surface area (Å²) in [6.07, 6.45) is 1.66. The summed E-state index contributed by atoms with van der Waals surface area (Å²) in [4.78, 5) is 41.6. The van der Waals surface area contributed by atoms with Crippen LogP contribution >= 0.6 is 11.6 Å². The van der Waals surface area contributed by atoms with Gasteiger partial charge in [0, 0.05) is 45.9 Å². The van der Waals surface area contributed by atoms with E-state index in [0.29, 0.717) is 33.9 Å². The number of rotatable bonds is 4. The Morgan fingerprint density at radius 2 is 1.89 bits per heavy atom. The van der Waals surface area contributed by atoms with Crippen molar-refractivity contribution in [3.63, 3.8) is 0 Å². The Morgan fingerprint density at radius 3 is 2.66 bits per heavy atom. The van der Waals surface area contributed by atoms with E-state index < -0.39 is 22.3 Å². The van der Waals surface area contributed by atoms with Gasteiger partial charge in [-0.2, -0.15) is 0 Å².